The van der Waals surface area contributed by atoms with Gasteiger partial charge in [0.05, 0.1) is 0 Å². The minimum absolute atomic E-state index is 0. The van der Waals surface area contributed by atoms with Crippen molar-refractivity contribution in [1.82, 2.24) is 47.3 Å². The van der Waals surface area contributed by atoms with Gasteiger partial charge in [0.1, 0.15) is 65.6 Å². The molecule has 0 aliphatic rings. The van der Waals surface area contributed by atoms with Crippen molar-refractivity contribution in [2.75, 3.05) is 0 Å². The normalized spacial score (nSPS) is 11.5. The van der Waals surface area contributed by atoms with E-state index in [0.717, 1.165) is 27.8 Å². The Balaban J connectivity index is 0.000000186. The molecule has 7 heterocycles. The number of aromatic amines is 2. The minimum atomic E-state index is -0.750. The first-order valence-electron chi connectivity index (χ1n) is 47.1. The van der Waals surface area contributed by atoms with Gasteiger partial charge in [-0.1, -0.05) is 312 Å². The van der Waals surface area contributed by atoms with Gasteiger partial charge < -0.3 is 25.0 Å². The first-order valence-corrected chi connectivity index (χ1v) is 48.4. The smallest absolute Gasteiger partial charge is 0.657 e. The van der Waals surface area contributed by atoms with Crippen LogP contribution in [0.5, 0.6) is 0 Å². The van der Waals surface area contributed by atoms with Crippen molar-refractivity contribution in [2.24, 2.45) is 0 Å². The number of imidazole rings is 3. The third-order valence-electron chi connectivity index (χ3n) is 24.8. The van der Waals surface area contributed by atoms with E-state index in [0.29, 0.717) is 65.1 Å². The quantitative estimate of drug-likeness (QED) is 0.0699. The molecule has 12 aromatic carbocycles. The van der Waals surface area contributed by atoms with E-state index in [9.17, 15) is 5.11 Å². The summed E-state index contributed by atoms with van der Waals surface area (Å²) < 4.78 is 13.8. The molecule has 19 aromatic rings. The molecule has 0 saturated carbocycles. The van der Waals surface area contributed by atoms with E-state index in [1.807, 2.05) is 18.2 Å². The summed E-state index contributed by atoms with van der Waals surface area (Å²) >= 11 is 3.66. The van der Waals surface area contributed by atoms with Crippen LogP contribution in [0.15, 0.2) is 287 Å². The van der Waals surface area contributed by atoms with Crippen LogP contribution in [-0.4, -0.2) is 43.0 Å². The number of benzene rings is 12. The van der Waals surface area contributed by atoms with Crippen LogP contribution in [0.2, 0.25) is 0 Å². The average Bonchev–Trinajstić information content (AvgIpc) is 1.59. The van der Waals surface area contributed by atoms with Gasteiger partial charge in [0.25, 0.3) is 0 Å². The summed E-state index contributed by atoms with van der Waals surface area (Å²) in [4.78, 5) is 16.5. The molecule has 19 rings (SSSR count). The van der Waals surface area contributed by atoms with Crippen LogP contribution in [0.4, 0.5) is 0 Å². The van der Waals surface area contributed by atoms with Crippen LogP contribution in [0.1, 0.15) is 299 Å². The summed E-state index contributed by atoms with van der Waals surface area (Å²) in [6.45, 7) is 55.0. The number of hydrogen-bond donors (Lipinski definition) is 2. The molecule has 0 aliphatic carbocycles. The second-order valence-electron chi connectivity index (χ2n) is 39.3. The van der Waals surface area contributed by atoms with E-state index in [1.54, 1.807) is 20.8 Å². The molecule has 11 nitrogen and oxygen atoms in total. The van der Waals surface area contributed by atoms with Crippen LogP contribution < -0.4 is 44.6 Å². The Morgan fingerprint density at radius 1 is 0.281 bits per heavy atom. The zero-order valence-corrected chi connectivity index (χ0v) is 90.1. The van der Waals surface area contributed by atoms with Gasteiger partial charge in [-0.15, -0.1) is 33.7 Å². The maximum absolute atomic E-state index is 10.1. The molecule has 7 aromatic heterocycles. The Bertz CT molecular complexity index is 6300. The second-order valence-corrected chi connectivity index (χ2v) is 39.3. The number of nitrogens with one attached hydrogen (secondary N) is 2. The van der Waals surface area contributed by atoms with Gasteiger partial charge in [0, 0.05) is 139 Å². The number of H-pyrrole nitrogens is 2. The molecule has 2 N–H and O–H groups in total. The Morgan fingerprint density at radius 2 is 0.504 bits per heavy atom. The fraction of sp³-hybridized carbons (Fsp3) is 0.314. The molecule has 0 spiro atoms. The van der Waals surface area contributed by atoms with E-state index >= 15 is 0 Å². The van der Waals surface area contributed by atoms with Gasteiger partial charge in [0.15, 0.2) is 19.0 Å². The zero-order valence-electron chi connectivity index (χ0n) is 83.6. The summed E-state index contributed by atoms with van der Waals surface area (Å²) in [5.74, 6) is 5.27. The predicted octanol–water partition coefficient (Wildman–Crippen LogP) is 29.8. The molecule has 0 bridgehead atoms. The Labute approximate surface area is 869 Å². The van der Waals surface area contributed by atoms with Crippen molar-refractivity contribution >= 4 is 97.3 Å². The number of nitrogens with zero attached hydrogens (tertiary/aromatic N) is 8. The van der Waals surface area contributed by atoms with Crippen molar-refractivity contribution in [1.29, 1.82) is 0 Å². The number of para-hydroxylation sites is 10. The third kappa shape index (κ3) is 24.9. The summed E-state index contributed by atoms with van der Waals surface area (Å²) in [6, 6.07) is 85.7. The average molecular weight is 2020 g/mol. The predicted molar refractivity (Wildman–Crippen MR) is 556 cm³/mol. The molecule has 2 radical (unpaired) electrons. The Morgan fingerprint density at radius 3 is 0.763 bits per heavy atom. The van der Waals surface area contributed by atoms with Gasteiger partial charge in [-0.05, 0) is 166 Å². The molecular weight excluding hydrogens is 1890 g/mol. The van der Waals surface area contributed by atoms with Gasteiger partial charge in [0.2, 0.25) is 0 Å². The topological polar surface area (TPSA) is 112 Å². The van der Waals surface area contributed by atoms with E-state index in [-0.39, 0.29) is 80.8 Å². The largest absolute Gasteiger partial charge is 1.00 e. The minimum Gasteiger partial charge on any atom is -0.657 e. The summed E-state index contributed by atoms with van der Waals surface area (Å²) in [6.07, 6.45) is 19.9. The molecule has 0 saturated heterocycles. The van der Waals surface area contributed by atoms with Crippen LogP contribution in [0.3, 0.4) is 0 Å². The molecule has 135 heavy (non-hydrogen) atoms. The fourth-order valence-electron chi connectivity index (χ4n) is 18.3. The Hall–Kier alpha value is -9.20. The summed E-state index contributed by atoms with van der Waals surface area (Å²) in [5.41, 5.74) is 31.4. The van der Waals surface area contributed by atoms with Crippen LogP contribution >= 0.6 is 10.1 Å². The summed E-state index contributed by atoms with van der Waals surface area (Å²) in [5, 5.41) is 20.0. The van der Waals surface area contributed by atoms with Crippen LogP contribution in [0.25, 0.3) is 121 Å². The number of halogens is 1. The van der Waals surface area contributed by atoms with E-state index in [2.05, 4.69) is 489 Å². The van der Waals surface area contributed by atoms with Crippen molar-refractivity contribution in [3.05, 3.63) is 354 Å². The zero-order chi connectivity index (χ0) is 94.1. The summed E-state index contributed by atoms with van der Waals surface area (Å²) in [7, 11) is 4.20. The van der Waals surface area contributed by atoms with Gasteiger partial charge in [-0.2, -0.15) is 18.2 Å². The monoisotopic (exact) mass is 2020 g/mol. The molecule has 0 atom stereocenters. The van der Waals surface area contributed by atoms with Crippen molar-refractivity contribution in [2.45, 2.75) is 244 Å². The van der Waals surface area contributed by atoms with Gasteiger partial charge in [-0.25, -0.2) is 27.4 Å². The van der Waals surface area contributed by atoms with E-state index < -0.39 is 5.60 Å². The van der Waals surface area contributed by atoms with E-state index in [1.165, 1.54) is 155 Å². The second kappa shape index (κ2) is 48.4. The maximum Gasteiger partial charge on any atom is 1.00 e. The number of aromatic nitrogens is 10. The SMILES string of the molecule is CC(C)(C)[O-].CC(C)c1ccc[c-]c1-n1ccn(-c2c(C(C)C)cccc2C(C)C)[cH+]1.CC(C)c1cccc(C(C)C)c1-n1ccn(-c2c(C(C)C)cccc2C(C)C)[cH+]1.CC(C)c1cccc(C(C)C)c1-n1ccn(-c2c(C(C)C)cccc2C(C)C)[cH+]1.[Cl][Cu].[Cu+].[Cu].[Cu].[Na+].c1ccc2c(c1)[n-]c1cc3c(cc12)[n-]c1ccccc13.c1ccc2c(c1)[nH]c1cc3c(cc12)[nH]c1ccccc13. The molecular formula is C118H135ClCu4N10NaO+. The maximum atomic E-state index is 10.1. The standard InChI is InChI=1S/2C27H37N2.C24H30N2.C18H12N2.C18H10N2.C4H9O.ClH.4Cu.Na/c2*1-18(2)22-11-9-12-23(19(3)4)26(22)28-15-16-29(17-28)27-24(20(5)6)13-10-14-25(27)21(7)8;1-17(2)20-10-7-8-13-23(20)25-14-15-26(16-25)24-21(18(3)4)11-9-12-22(24)19(5)6;2*1-3-7-15-11(5-1)13-9-18-14(10-17(13)19-15)12-6-2-4-8-16(12)20-18;1-4(2,3)5;;;;;;/h2*9-21H,1-8H3;7-12,14-19H,1-6H3;1-10,19-20H;1-10H;1-3H3;1H;;;;;/q2*+1;;;-2;-1;;;;3*+1/p-1. The third-order valence-corrected chi connectivity index (χ3v) is 24.8. The molecule has 714 valence electrons. The molecule has 0 aliphatic heterocycles. The number of fused-ring (bicyclic) bond motifs is 12. The first-order chi connectivity index (χ1) is 62.6. The molecule has 17 heteroatoms. The Kier molecular flexibility index (Phi) is 39.2. The molecule has 0 amide bonds. The van der Waals surface area contributed by atoms with E-state index in [4.69, 9.17) is 9.97 Å². The first kappa shape index (κ1) is 109. The number of rotatable bonds is 17. The fourth-order valence-corrected chi connectivity index (χ4v) is 18.3. The van der Waals surface area contributed by atoms with Crippen LogP contribution in [0, 0.1) is 6.07 Å². The van der Waals surface area contributed by atoms with Crippen molar-refractivity contribution < 1.29 is 101 Å². The molecule has 0 fully saturated rings. The molecule has 0 unspecified atom stereocenters. The van der Waals surface area contributed by atoms with Crippen molar-refractivity contribution in [3.8, 4) is 34.1 Å². The number of hydrogen-bond acceptors (Lipinski definition) is 1. The van der Waals surface area contributed by atoms with Crippen molar-refractivity contribution in [3.63, 3.8) is 0 Å². The van der Waals surface area contributed by atoms with Gasteiger partial charge >= 0.3 is 71.8 Å². The van der Waals surface area contributed by atoms with Gasteiger partial charge in [-0.3, -0.25) is 0 Å². The van der Waals surface area contributed by atoms with Crippen LogP contribution in [-0.2, 0) is 66.3 Å².